The Hall–Kier alpha value is -4.46. The first kappa shape index (κ1) is 21.8. The minimum atomic E-state index is -0.455. The molecule has 33 heavy (non-hydrogen) atoms. The van der Waals surface area contributed by atoms with Crippen LogP contribution in [-0.4, -0.2) is 33.9 Å². The highest BCUT2D eigenvalue weighted by atomic mass is 16.5. The van der Waals surface area contributed by atoms with Gasteiger partial charge in [0, 0.05) is 5.69 Å². The van der Waals surface area contributed by atoms with E-state index in [1.54, 1.807) is 55.1 Å². The predicted octanol–water partition coefficient (Wildman–Crippen LogP) is 4.40. The summed E-state index contributed by atoms with van der Waals surface area (Å²) < 4.78 is 6.75. The monoisotopic (exact) mass is 441 g/mol. The van der Waals surface area contributed by atoms with Crippen LogP contribution >= 0.6 is 0 Å². The van der Waals surface area contributed by atoms with Gasteiger partial charge in [-0.05, 0) is 67.9 Å². The van der Waals surface area contributed by atoms with Crippen LogP contribution in [0.5, 0.6) is 5.75 Å². The Balaban J connectivity index is 1.55. The topological polar surface area (TPSA) is 98.1 Å². The van der Waals surface area contributed by atoms with Gasteiger partial charge in [-0.3, -0.25) is 9.59 Å². The van der Waals surface area contributed by atoms with Gasteiger partial charge in [0.15, 0.2) is 5.69 Å². The highest BCUT2D eigenvalue weighted by Crippen LogP contribution is 2.21. The van der Waals surface area contributed by atoms with Crippen LogP contribution in [0.2, 0.25) is 0 Å². The summed E-state index contributed by atoms with van der Waals surface area (Å²) in [7, 11) is 1.59. The van der Waals surface area contributed by atoms with Crippen molar-refractivity contribution in [3.63, 3.8) is 0 Å². The minimum Gasteiger partial charge on any atom is -0.497 e. The van der Waals surface area contributed by atoms with Crippen LogP contribution in [0.1, 0.15) is 32.1 Å². The molecule has 0 fully saturated rings. The smallest absolute Gasteiger partial charge is 0.278 e. The average Bonchev–Trinajstić information content (AvgIpc) is 3.21. The molecule has 0 bridgehead atoms. The number of methoxy groups -OCH3 is 1. The lowest BCUT2D eigenvalue weighted by Gasteiger charge is -2.11. The molecule has 3 aromatic carbocycles. The molecule has 4 rings (SSSR count). The van der Waals surface area contributed by atoms with Crippen LogP contribution in [0.15, 0.2) is 72.8 Å². The van der Waals surface area contributed by atoms with Gasteiger partial charge < -0.3 is 15.4 Å². The van der Waals surface area contributed by atoms with E-state index >= 15 is 0 Å². The van der Waals surface area contributed by atoms with Crippen LogP contribution in [0, 0.1) is 13.8 Å². The summed E-state index contributed by atoms with van der Waals surface area (Å²) in [6.07, 6.45) is 0. The molecule has 8 heteroatoms. The Morgan fingerprint density at radius 3 is 2.36 bits per heavy atom. The molecule has 0 radical (unpaired) electrons. The summed E-state index contributed by atoms with van der Waals surface area (Å²) in [5, 5.41) is 13.8. The van der Waals surface area contributed by atoms with Crippen molar-refractivity contribution in [2.45, 2.75) is 13.8 Å². The van der Waals surface area contributed by atoms with Gasteiger partial charge in [-0.1, -0.05) is 29.5 Å². The molecule has 0 atom stereocenters. The van der Waals surface area contributed by atoms with E-state index in [2.05, 4.69) is 20.9 Å². The van der Waals surface area contributed by atoms with Gasteiger partial charge >= 0.3 is 0 Å². The molecule has 0 saturated heterocycles. The first-order chi connectivity index (χ1) is 16.0. The maximum atomic E-state index is 13.0. The summed E-state index contributed by atoms with van der Waals surface area (Å²) in [5.41, 5.74) is 3.92. The highest BCUT2D eigenvalue weighted by Gasteiger charge is 2.20. The number of nitrogens with one attached hydrogen (secondary N) is 2. The van der Waals surface area contributed by atoms with Crippen molar-refractivity contribution >= 4 is 23.2 Å². The van der Waals surface area contributed by atoms with Crippen molar-refractivity contribution in [2.24, 2.45) is 0 Å². The maximum Gasteiger partial charge on any atom is 0.278 e. The fourth-order valence-electron chi connectivity index (χ4n) is 3.40. The molecule has 166 valence electrons. The van der Waals surface area contributed by atoms with Crippen molar-refractivity contribution in [3.05, 3.63) is 95.3 Å². The number of carbonyl (C=O) groups excluding carboxylic acids is 2. The Kier molecular flexibility index (Phi) is 6.17. The molecule has 0 saturated carbocycles. The quantitative estimate of drug-likeness (QED) is 0.462. The lowest BCUT2D eigenvalue weighted by molar-refractivity contribution is 0.102. The second-order valence-electron chi connectivity index (χ2n) is 7.46. The van der Waals surface area contributed by atoms with Crippen molar-refractivity contribution in [2.75, 3.05) is 17.7 Å². The molecule has 0 aliphatic heterocycles. The zero-order chi connectivity index (χ0) is 23.4. The third-order valence-corrected chi connectivity index (χ3v) is 5.12. The SMILES string of the molecule is COc1ccc(-n2nnc(C(=O)Nc3ccccc3C(=O)Nc3cccc(C)c3)c2C)cc1. The van der Waals surface area contributed by atoms with Crippen molar-refractivity contribution in [1.82, 2.24) is 15.0 Å². The molecule has 8 nitrogen and oxygen atoms in total. The Morgan fingerprint density at radius 2 is 1.64 bits per heavy atom. The Morgan fingerprint density at radius 1 is 0.879 bits per heavy atom. The van der Waals surface area contributed by atoms with Gasteiger partial charge in [-0.15, -0.1) is 5.10 Å². The van der Waals surface area contributed by atoms with E-state index in [-0.39, 0.29) is 11.6 Å². The number of hydrogen-bond acceptors (Lipinski definition) is 5. The first-order valence-electron chi connectivity index (χ1n) is 10.3. The van der Waals surface area contributed by atoms with Gasteiger partial charge in [0.2, 0.25) is 0 Å². The third kappa shape index (κ3) is 4.74. The lowest BCUT2D eigenvalue weighted by atomic mass is 10.1. The second-order valence-corrected chi connectivity index (χ2v) is 7.46. The van der Waals surface area contributed by atoms with E-state index in [9.17, 15) is 9.59 Å². The molecule has 0 spiro atoms. The van der Waals surface area contributed by atoms with Crippen LogP contribution < -0.4 is 15.4 Å². The largest absolute Gasteiger partial charge is 0.497 e. The van der Waals surface area contributed by atoms with Crippen molar-refractivity contribution in [1.29, 1.82) is 0 Å². The van der Waals surface area contributed by atoms with Gasteiger partial charge in [-0.2, -0.15) is 0 Å². The molecule has 0 aliphatic rings. The lowest BCUT2D eigenvalue weighted by Crippen LogP contribution is -2.19. The summed E-state index contributed by atoms with van der Waals surface area (Å²) >= 11 is 0. The van der Waals surface area contributed by atoms with E-state index in [0.29, 0.717) is 22.6 Å². The van der Waals surface area contributed by atoms with Gasteiger partial charge in [-0.25, -0.2) is 4.68 Å². The van der Waals surface area contributed by atoms with E-state index in [1.807, 2.05) is 43.3 Å². The number of ether oxygens (including phenoxy) is 1. The Bertz CT molecular complexity index is 1310. The molecule has 2 N–H and O–H groups in total. The fourth-order valence-corrected chi connectivity index (χ4v) is 3.40. The zero-order valence-corrected chi connectivity index (χ0v) is 18.5. The standard InChI is InChI=1S/C25H23N5O3/c1-16-7-6-8-18(15-16)26-24(31)21-9-4-5-10-22(21)27-25(32)23-17(2)30(29-28-23)19-11-13-20(33-3)14-12-19/h4-15H,1-3H3,(H,26,31)(H,27,32). The number of carbonyl (C=O) groups is 2. The van der Waals surface area contributed by atoms with Crippen LogP contribution in [0.25, 0.3) is 5.69 Å². The number of anilines is 2. The summed E-state index contributed by atoms with van der Waals surface area (Å²) in [6, 6.07) is 21.6. The minimum absolute atomic E-state index is 0.166. The number of benzene rings is 3. The van der Waals surface area contributed by atoms with Crippen LogP contribution in [-0.2, 0) is 0 Å². The number of aromatic nitrogens is 3. The summed E-state index contributed by atoms with van der Waals surface area (Å²) in [5.74, 6) is -0.0618. The number of nitrogens with zero attached hydrogens (tertiary/aromatic N) is 3. The number of rotatable bonds is 6. The van der Waals surface area contributed by atoms with E-state index in [4.69, 9.17) is 4.74 Å². The summed E-state index contributed by atoms with van der Waals surface area (Å²) in [4.78, 5) is 25.8. The van der Waals surface area contributed by atoms with E-state index < -0.39 is 5.91 Å². The molecule has 4 aromatic rings. The fraction of sp³-hybridized carbons (Fsp3) is 0.120. The zero-order valence-electron chi connectivity index (χ0n) is 18.5. The summed E-state index contributed by atoms with van der Waals surface area (Å²) in [6.45, 7) is 3.71. The second kappa shape index (κ2) is 9.35. The van der Waals surface area contributed by atoms with Crippen molar-refractivity contribution in [3.8, 4) is 11.4 Å². The van der Waals surface area contributed by atoms with Gasteiger partial charge in [0.1, 0.15) is 5.75 Å². The third-order valence-electron chi connectivity index (χ3n) is 5.12. The maximum absolute atomic E-state index is 13.0. The molecule has 2 amide bonds. The number of amides is 2. The van der Waals surface area contributed by atoms with Crippen molar-refractivity contribution < 1.29 is 14.3 Å². The molecule has 0 aliphatic carbocycles. The highest BCUT2D eigenvalue weighted by molar-refractivity contribution is 6.12. The molecule has 0 unspecified atom stereocenters. The molecular weight excluding hydrogens is 418 g/mol. The molecule has 1 aromatic heterocycles. The predicted molar refractivity (Wildman–Crippen MR) is 126 cm³/mol. The number of para-hydroxylation sites is 1. The Labute approximate surface area is 191 Å². The van der Waals surface area contributed by atoms with Crippen LogP contribution in [0.3, 0.4) is 0 Å². The first-order valence-corrected chi connectivity index (χ1v) is 10.3. The molecule has 1 heterocycles. The normalized spacial score (nSPS) is 10.5. The van der Waals surface area contributed by atoms with Crippen LogP contribution in [0.4, 0.5) is 11.4 Å². The molecular formula is C25H23N5O3. The van der Waals surface area contributed by atoms with Gasteiger partial charge in [0.05, 0.1) is 29.7 Å². The number of hydrogen-bond donors (Lipinski definition) is 2. The van der Waals surface area contributed by atoms with E-state index in [1.165, 1.54) is 0 Å². The van der Waals surface area contributed by atoms with Gasteiger partial charge in [0.25, 0.3) is 11.8 Å². The average molecular weight is 441 g/mol. The van der Waals surface area contributed by atoms with E-state index in [0.717, 1.165) is 17.0 Å². The number of aryl methyl sites for hydroxylation is 1.